The average molecular weight is 303 g/mol. The molecule has 0 aliphatic carbocycles. The minimum atomic E-state index is -1.29. The number of carbonyl (C=O) groups excluding carboxylic acids is 1. The second-order valence-corrected chi connectivity index (χ2v) is 5.34. The van der Waals surface area contributed by atoms with Crippen LogP contribution in [0.15, 0.2) is 27.4 Å². The molecule has 0 N–H and O–H groups in total. The summed E-state index contributed by atoms with van der Waals surface area (Å²) in [6.45, 7) is 5.23. The fraction of sp³-hybridized carbons (Fsp3) is 0.412. The number of hydrogen-bond donors (Lipinski definition) is 0. The number of aliphatic carboxylic acids is 1. The number of carboxylic acids is 1. The van der Waals surface area contributed by atoms with Crippen LogP contribution in [0.2, 0.25) is 0 Å². The monoisotopic (exact) mass is 303 g/mol. The first-order valence-corrected chi connectivity index (χ1v) is 7.38. The molecule has 0 saturated carbocycles. The van der Waals surface area contributed by atoms with Gasteiger partial charge in [-0.15, -0.1) is 0 Å². The van der Waals surface area contributed by atoms with E-state index in [1.54, 1.807) is 19.1 Å². The van der Waals surface area contributed by atoms with E-state index in [-0.39, 0.29) is 0 Å². The molecule has 2 aromatic rings. The molecule has 1 aromatic carbocycles. The lowest BCUT2D eigenvalue weighted by Gasteiger charge is -2.18. The molecule has 1 atom stereocenters. The molecule has 2 rings (SSSR count). The highest BCUT2D eigenvalue weighted by atomic mass is 16.5. The fourth-order valence-corrected chi connectivity index (χ4v) is 2.35. The average Bonchev–Trinajstić information content (AvgIpc) is 2.47. The van der Waals surface area contributed by atoms with Gasteiger partial charge in [0.15, 0.2) is 0 Å². The third-order valence-corrected chi connectivity index (χ3v) is 3.63. The van der Waals surface area contributed by atoms with E-state index < -0.39 is 17.7 Å². The summed E-state index contributed by atoms with van der Waals surface area (Å²) in [6, 6.07) is 5.02. The van der Waals surface area contributed by atoms with Crippen molar-refractivity contribution in [3.63, 3.8) is 0 Å². The van der Waals surface area contributed by atoms with Gasteiger partial charge in [0.25, 0.3) is 0 Å². The van der Waals surface area contributed by atoms with E-state index in [9.17, 15) is 14.7 Å². The maximum absolute atomic E-state index is 11.7. The van der Waals surface area contributed by atoms with E-state index >= 15 is 0 Å². The molecular formula is C17H19O5-. The zero-order valence-corrected chi connectivity index (χ0v) is 13.0. The van der Waals surface area contributed by atoms with Crippen molar-refractivity contribution in [1.82, 2.24) is 0 Å². The summed E-state index contributed by atoms with van der Waals surface area (Å²) < 4.78 is 10.6. The smallest absolute Gasteiger partial charge is 0.336 e. The van der Waals surface area contributed by atoms with Gasteiger partial charge >= 0.3 is 5.63 Å². The van der Waals surface area contributed by atoms with Crippen molar-refractivity contribution in [2.45, 2.75) is 46.1 Å². The molecule has 0 aliphatic rings. The van der Waals surface area contributed by atoms with Crippen LogP contribution in [-0.4, -0.2) is 12.1 Å². The zero-order valence-electron chi connectivity index (χ0n) is 13.0. The lowest BCUT2D eigenvalue weighted by Crippen LogP contribution is -2.37. The van der Waals surface area contributed by atoms with Crippen LogP contribution < -0.4 is 15.5 Å². The lowest BCUT2D eigenvalue weighted by atomic mass is 10.0. The first-order chi connectivity index (χ1) is 10.4. The van der Waals surface area contributed by atoms with Gasteiger partial charge in [-0.25, -0.2) is 4.79 Å². The summed E-state index contributed by atoms with van der Waals surface area (Å²) in [5, 5.41) is 11.7. The zero-order chi connectivity index (χ0) is 16.3. The van der Waals surface area contributed by atoms with Crippen molar-refractivity contribution in [3.05, 3.63) is 39.7 Å². The van der Waals surface area contributed by atoms with Crippen LogP contribution in [0.4, 0.5) is 0 Å². The fourth-order valence-electron chi connectivity index (χ4n) is 2.35. The molecule has 5 nitrogen and oxygen atoms in total. The van der Waals surface area contributed by atoms with Crippen molar-refractivity contribution in [2.24, 2.45) is 0 Å². The molecule has 0 bridgehead atoms. The van der Waals surface area contributed by atoms with Gasteiger partial charge < -0.3 is 19.1 Å². The van der Waals surface area contributed by atoms with E-state index in [0.29, 0.717) is 16.9 Å². The Morgan fingerprint density at radius 2 is 2.14 bits per heavy atom. The minimum absolute atomic E-state index is 0.375. The van der Waals surface area contributed by atoms with Gasteiger partial charge in [0, 0.05) is 17.0 Å². The van der Waals surface area contributed by atoms with Gasteiger partial charge in [0.2, 0.25) is 0 Å². The Morgan fingerprint density at radius 1 is 1.41 bits per heavy atom. The normalized spacial score (nSPS) is 12.3. The molecule has 0 fully saturated rings. The van der Waals surface area contributed by atoms with E-state index in [4.69, 9.17) is 9.15 Å². The first-order valence-electron chi connectivity index (χ1n) is 7.38. The molecule has 1 heterocycles. The number of fused-ring (bicyclic) bond motifs is 1. The maximum Gasteiger partial charge on any atom is 0.336 e. The number of rotatable bonds is 6. The number of benzene rings is 1. The Balaban J connectivity index is 2.51. The second-order valence-electron chi connectivity index (χ2n) is 5.34. The first kappa shape index (κ1) is 16.1. The van der Waals surface area contributed by atoms with Crippen molar-refractivity contribution >= 4 is 16.9 Å². The number of carboxylic acid groups (broad SMARTS) is 1. The van der Waals surface area contributed by atoms with E-state index in [1.807, 2.05) is 0 Å². The van der Waals surface area contributed by atoms with Crippen molar-refractivity contribution in [3.8, 4) is 5.75 Å². The second kappa shape index (κ2) is 6.64. The van der Waals surface area contributed by atoms with Crippen molar-refractivity contribution < 1.29 is 19.1 Å². The summed E-state index contributed by atoms with van der Waals surface area (Å²) >= 11 is 0. The summed E-state index contributed by atoms with van der Waals surface area (Å²) in [5.74, 6) is -0.919. The molecule has 0 aliphatic heterocycles. The standard InChI is InChI=1S/C17H20O5/c1-4-5-6-12-9-15(18)22-16-10(2)14(8-7-13(12)16)21-11(3)17(19)20/h7-9,11H,4-6H2,1-3H3,(H,19,20)/p-1/t11-/m0/s1. The number of unbranched alkanes of at least 4 members (excludes halogenated alkanes) is 1. The molecule has 1 aromatic heterocycles. The van der Waals surface area contributed by atoms with Gasteiger partial charge in [0.1, 0.15) is 17.4 Å². The van der Waals surface area contributed by atoms with Gasteiger partial charge in [0.05, 0.1) is 5.97 Å². The van der Waals surface area contributed by atoms with Gasteiger partial charge in [-0.1, -0.05) is 13.3 Å². The summed E-state index contributed by atoms with van der Waals surface area (Å²) in [7, 11) is 0. The Bertz CT molecular complexity index is 745. The third kappa shape index (κ3) is 3.30. The Morgan fingerprint density at radius 3 is 2.77 bits per heavy atom. The number of carbonyl (C=O) groups is 1. The van der Waals surface area contributed by atoms with Crippen molar-refractivity contribution in [1.29, 1.82) is 0 Å². The SMILES string of the molecule is CCCCc1cc(=O)oc2c(C)c(O[C@@H](C)C(=O)[O-])ccc12. The number of ether oxygens (including phenoxy) is 1. The van der Waals surface area contributed by atoms with Crippen LogP contribution in [0.5, 0.6) is 5.75 Å². The van der Waals surface area contributed by atoms with E-state index in [2.05, 4.69) is 6.92 Å². The topological polar surface area (TPSA) is 79.6 Å². The highest BCUT2D eigenvalue weighted by molar-refractivity contribution is 5.85. The third-order valence-electron chi connectivity index (χ3n) is 3.63. The summed E-state index contributed by atoms with van der Waals surface area (Å²) in [4.78, 5) is 22.5. The molecule has 0 unspecified atom stereocenters. The Hall–Kier alpha value is -2.30. The Kier molecular flexibility index (Phi) is 4.85. The van der Waals surface area contributed by atoms with E-state index in [0.717, 1.165) is 30.2 Å². The highest BCUT2D eigenvalue weighted by Crippen LogP contribution is 2.29. The molecule has 22 heavy (non-hydrogen) atoms. The molecule has 0 amide bonds. The highest BCUT2D eigenvalue weighted by Gasteiger charge is 2.14. The Labute approximate surface area is 128 Å². The predicted octanol–water partition coefficient (Wildman–Crippen LogP) is 1.96. The van der Waals surface area contributed by atoms with Crippen LogP contribution in [0, 0.1) is 6.92 Å². The van der Waals surface area contributed by atoms with Crippen LogP contribution in [0.1, 0.15) is 37.8 Å². The minimum Gasteiger partial charge on any atom is -0.546 e. The quantitative estimate of drug-likeness (QED) is 0.762. The van der Waals surface area contributed by atoms with Gasteiger partial charge in [-0.3, -0.25) is 0 Å². The molecule has 0 radical (unpaired) electrons. The van der Waals surface area contributed by atoms with Crippen LogP contribution in [0.3, 0.4) is 0 Å². The molecule has 0 spiro atoms. The molecule has 118 valence electrons. The number of hydrogen-bond acceptors (Lipinski definition) is 5. The largest absolute Gasteiger partial charge is 0.546 e. The predicted molar refractivity (Wildman–Crippen MR) is 80.9 cm³/mol. The van der Waals surface area contributed by atoms with Gasteiger partial charge in [-0.05, 0) is 44.4 Å². The molecular weight excluding hydrogens is 284 g/mol. The maximum atomic E-state index is 11.7. The number of aryl methyl sites for hydroxylation is 2. The van der Waals surface area contributed by atoms with Crippen molar-refractivity contribution in [2.75, 3.05) is 0 Å². The van der Waals surface area contributed by atoms with E-state index in [1.165, 1.54) is 13.0 Å². The van der Waals surface area contributed by atoms with Crippen LogP contribution >= 0.6 is 0 Å². The lowest BCUT2D eigenvalue weighted by molar-refractivity contribution is -0.312. The van der Waals surface area contributed by atoms with Gasteiger partial charge in [-0.2, -0.15) is 0 Å². The van der Waals surface area contributed by atoms with Crippen LogP contribution in [0.25, 0.3) is 11.0 Å². The summed E-state index contributed by atoms with van der Waals surface area (Å²) in [5.41, 5.74) is 1.59. The molecule has 5 heteroatoms. The molecule has 0 saturated heterocycles. The summed E-state index contributed by atoms with van der Waals surface area (Å²) in [6.07, 6.45) is 1.74. The van der Waals surface area contributed by atoms with Crippen LogP contribution in [-0.2, 0) is 11.2 Å².